The molecule has 0 bridgehead atoms. The third kappa shape index (κ3) is 2.46. The molecule has 28 heavy (non-hydrogen) atoms. The molecule has 0 aromatic heterocycles. The number of carbonyl (C=O) groups is 3. The molecule has 1 aromatic rings. The number of aliphatic imine (C=N–C) groups is 1. The van der Waals surface area contributed by atoms with Crippen molar-refractivity contribution in [3.63, 3.8) is 0 Å². The molecule has 1 fully saturated rings. The first-order valence-corrected chi connectivity index (χ1v) is 8.99. The number of carbonyl (C=O) groups excluding carboxylic acids is 3. The van der Waals surface area contributed by atoms with Crippen LogP contribution in [0.2, 0.25) is 0 Å². The number of fused-ring (bicyclic) bond motifs is 3. The van der Waals surface area contributed by atoms with E-state index in [0.717, 1.165) is 27.4 Å². The number of rotatable bonds is 3. The van der Waals surface area contributed by atoms with E-state index in [2.05, 4.69) is 6.07 Å². The van der Waals surface area contributed by atoms with E-state index < -0.39 is 36.6 Å². The fourth-order valence-corrected chi connectivity index (χ4v) is 3.91. The van der Waals surface area contributed by atoms with Crippen LogP contribution in [-0.2, 0) is 9.59 Å². The van der Waals surface area contributed by atoms with Crippen LogP contribution < -0.4 is 10.6 Å². The van der Waals surface area contributed by atoms with Crippen molar-refractivity contribution in [2.24, 2.45) is 10.7 Å². The number of allylic oxidation sites excluding steroid dienone is 1. The molecule has 3 aliphatic heterocycles. The van der Waals surface area contributed by atoms with Crippen LogP contribution in [-0.4, -0.2) is 64.3 Å². The summed E-state index contributed by atoms with van der Waals surface area (Å²) < 4.78 is 0. The lowest BCUT2D eigenvalue weighted by molar-refractivity contribution is -0.139. The summed E-state index contributed by atoms with van der Waals surface area (Å²) in [5.74, 6) is -0.620. The summed E-state index contributed by atoms with van der Waals surface area (Å²) >= 11 is 0. The van der Waals surface area contributed by atoms with Gasteiger partial charge >= 0.3 is 6.03 Å². The number of amides is 4. The summed E-state index contributed by atoms with van der Waals surface area (Å²) in [6.07, 6.45) is 1.20. The summed E-state index contributed by atoms with van der Waals surface area (Å²) in [6, 6.07) is 4.85. The van der Waals surface area contributed by atoms with Crippen molar-refractivity contribution < 1.29 is 14.4 Å². The van der Waals surface area contributed by atoms with Gasteiger partial charge in [-0.1, -0.05) is 12.1 Å². The van der Waals surface area contributed by atoms with Crippen LogP contribution in [0, 0.1) is 13.8 Å². The van der Waals surface area contributed by atoms with Crippen LogP contribution in [0.25, 0.3) is 0 Å². The lowest BCUT2D eigenvalue weighted by Crippen LogP contribution is -2.65. The summed E-state index contributed by atoms with van der Waals surface area (Å²) in [4.78, 5) is 47.7. The van der Waals surface area contributed by atoms with E-state index in [1.807, 2.05) is 44.0 Å². The van der Waals surface area contributed by atoms with Gasteiger partial charge in [-0.25, -0.2) is 9.79 Å². The van der Waals surface area contributed by atoms with Crippen LogP contribution in [0.1, 0.15) is 18.1 Å². The Balaban J connectivity index is 1.75. The number of primary amides is 1. The Morgan fingerprint density at radius 2 is 1.93 bits per heavy atom. The molecular formula is C19H22N6O3. The maximum absolute atomic E-state index is 13.0. The lowest BCUT2D eigenvalue weighted by atomic mass is 10.1. The first kappa shape index (κ1) is 18.0. The molecule has 2 N–H and O–H groups in total. The molecule has 3 heterocycles. The highest BCUT2D eigenvalue weighted by Gasteiger charge is 2.54. The molecule has 2 atom stereocenters. The average molecular weight is 382 g/mol. The number of benzene rings is 1. The summed E-state index contributed by atoms with van der Waals surface area (Å²) in [5, 5.41) is 0. The van der Waals surface area contributed by atoms with E-state index in [1.54, 1.807) is 11.9 Å². The largest absolute Gasteiger partial charge is 0.368 e. The molecule has 1 saturated heterocycles. The molecule has 9 heteroatoms. The van der Waals surface area contributed by atoms with Crippen molar-refractivity contribution in [2.45, 2.75) is 33.0 Å². The maximum Gasteiger partial charge on any atom is 0.328 e. The molecule has 0 aliphatic carbocycles. The predicted molar refractivity (Wildman–Crippen MR) is 103 cm³/mol. The Labute approximate surface area is 162 Å². The first-order chi connectivity index (χ1) is 13.2. The number of hydrogen-bond donors (Lipinski definition) is 1. The quantitative estimate of drug-likeness (QED) is 0.830. The minimum atomic E-state index is -0.738. The van der Waals surface area contributed by atoms with Gasteiger partial charge in [-0.05, 0) is 38.0 Å². The highest BCUT2D eigenvalue weighted by Crippen LogP contribution is 2.37. The van der Waals surface area contributed by atoms with E-state index >= 15 is 0 Å². The zero-order chi connectivity index (χ0) is 20.3. The number of urea groups is 1. The minimum absolute atomic E-state index is 0.447. The second kappa shape index (κ2) is 6.08. The second-order valence-corrected chi connectivity index (χ2v) is 7.37. The Hall–Kier alpha value is -3.36. The number of guanidine groups is 1. The Morgan fingerprint density at radius 1 is 1.21 bits per heavy atom. The average Bonchev–Trinajstić information content (AvgIpc) is 3.13. The number of nitrogens with zero attached hydrogens (tertiary/aromatic N) is 5. The van der Waals surface area contributed by atoms with Crippen molar-refractivity contribution >= 4 is 29.5 Å². The normalized spacial score (nSPS) is 23.7. The van der Waals surface area contributed by atoms with E-state index in [0.29, 0.717) is 5.96 Å². The number of nitrogens with two attached hydrogens (primary N) is 1. The van der Waals surface area contributed by atoms with Gasteiger partial charge in [-0.15, -0.1) is 0 Å². The van der Waals surface area contributed by atoms with Crippen LogP contribution in [0.5, 0.6) is 0 Å². The fraction of sp³-hybridized carbons (Fsp3) is 0.368. The van der Waals surface area contributed by atoms with E-state index in [4.69, 9.17) is 10.7 Å². The van der Waals surface area contributed by atoms with Crippen LogP contribution in [0.3, 0.4) is 0 Å². The second-order valence-electron chi connectivity index (χ2n) is 7.37. The van der Waals surface area contributed by atoms with Gasteiger partial charge in [0.1, 0.15) is 6.54 Å². The molecule has 0 radical (unpaired) electrons. The molecule has 1 aromatic carbocycles. The van der Waals surface area contributed by atoms with Crippen LogP contribution >= 0.6 is 0 Å². The first-order valence-electron chi connectivity index (χ1n) is 8.99. The van der Waals surface area contributed by atoms with Crippen molar-refractivity contribution in [3.05, 3.63) is 41.2 Å². The third-order valence-electron chi connectivity index (χ3n) is 5.31. The highest BCUT2D eigenvalue weighted by molar-refractivity contribution is 6.10. The molecule has 4 rings (SSSR count). The summed E-state index contributed by atoms with van der Waals surface area (Å²) in [6.45, 7) is 5.53. The van der Waals surface area contributed by atoms with Gasteiger partial charge in [0.2, 0.25) is 11.9 Å². The molecule has 146 valence electrons. The predicted octanol–water partition coefficient (Wildman–Crippen LogP) is 0.730. The Bertz CT molecular complexity index is 968. The van der Waals surface area contributed by atoms with Gasteiger partial charge in [0.25, 0.3) is 5.91 Å². The van der Waals surface area contributed by atoms with Gasteiger partial charge in [0.05, 0.1) is 5.69 Å². The fourth-order valence-electron chi connectivity index (χ4n) is 3.91. The molecule has 4 amide bonds. The molecule has 2 unspecified atom stereocenters. The monoisotopic (exact) mass is 382 g/mol. The number of anilines is 1. The van der Waals surface area contributed by atoms with Gasteiger partial charge in [-0.3, -0.25) is 19.4 Å². The standard InChI is InChI=1S/C19H22N6O3/c1-10-5-6-11(2)13(7-10)25-12(3)8-23-15-16(21-18(23)25)22(4)19(28)24(17(15)27)9-14(20)26/h5-8,15-16H,9H2,1-4H3,(H2,20,26). The smallest absolute Gasteiger partial charge is 0.328 e. The van der Waals surface area contributed by atoms with Crippen molar-refractivity contribution in [1.29, 1.82) is 0 Å². The van der Waals surface area contributed by atoms with Crippen molar-refractivity contribution in [1.82, 2.24) is 14.7 Å². The third-order valence-corrected chi connectivity index (χ3v) is 5.31. The van der Waals surface area contributed by atoms with Gasteiger partial charge < -0.3 is 15.5 Å². The summed E-state index contributed by atoms with van der Waals surface area (Å²) in [5.41, 5.74) is 9.30. The van der Waals surface area contributed by atoms with Crippen LogP contribution in [0.4, 0.5) is 10.5 Å². The number of imide groups is 1. The van der Waals surface area contributed by atoms with Gasteiger partial charge in [0.15, 0.2) is 12.2 Å². The van der Waals surface area contributed by atoms with E-state index in [1.165, 1.54) is 4.90 Å². The maximum atomic E-state index is 13.0. The lowest BCUT2D eigenvalue weighted by Gasteiger charge is -2.39. The molecular weight excluding hydrogens is 360 g/mol. The topological polar surface area (TPSA) is 103 Å². The highest BCUT2D eigenvalue weighted by atomic mass is 16.2. The van der Waals surface area contributed by atoms with Crippen LogP contribution in [0.15, 0.2) is 35.1 Å². The van der Waals surface area contributed by atoms with E-state index in [-0.39, 0.29) is 0 Å². The Kier molecular flexibility index (Phi) is 3.91. The van der Waals surface area contributed by atoms with Gasteiger partial charge in [-0.2, -0.15) is 0 Å². The van der Waals surface area contributed by atoms with Crippen molar-refractivity contribution in [2.75, 3.05) is 18.5 Å². The van der Waals surface area contributed by atoms with E-state index in [9.17, 15) is 14.4 Å². The van der Waals surface area contributed by atoms with Crippen molar-refractivity contribution in [3.8, 4) is 0 Å². The number of likely N-dealkylation sites (N-methyl/N-ethyl adjacent to an activating group) is 1. The number of hydrogen-bond acceptors (Lipinski definition) is 6. The zero-order valence-corrected chi connectivity index (χ0v) is 16.2. The molecule has 3 aliphatic rings. The minimum Gasteiger partial charge on any atom is -0.368 e. The Morgan fingerprint density at radius 3 is 2.61 bits per heavy atom. The SMILES string of the molecule is CC1=CN2C(=NC3C2C(=O)N(CC(N)=O)C(=O)N3C)N1c1cc(C)ccc1C. The molecule has 0 saturated carbocycles. The molecule has 9 nitrogen and oxygen atoms in total. The molecule has 0 spiro atoms. The zero-order valence-electron chi connectivity index (χ0n) is 16.2. The van der Waals surface area contributed by atoms with Gasteiger partial charge in [0, 0.05) is 18.9 Å². The number of aryl methyl sites for hydroxylation is 2. The summed E-state index contributed by atoms with van der Waals surface area (Å²) in [7, 11) is 1.57.